The highest BCUT2D eigenvalue weighted by atomic mass is 16.4. The van der Waals surface area contributed by atoms with Gasteiger partial charge in [0.2, 0.25) is 11.8 Å². The van der Waals surface area contributed by atoms with Crippen LogP contribution in [0, 0.1) is 11.8 Å². The van der Waals surface area contributed by atoms with Gasteiger partial charge in [-0.3, -0.25) is 14.4 Å². The first-order valence-electron chi connectivity index (χ1n) is 6.74. The van der Waals surface area contributed by atoms with Crippen LogP contribution in [0.1, 0.15) is 39.0 Å². The van der Waals surface area contributed by atoms with Crippen molar-refractivity contribution in [3.8, 4) is 0 Å². The van der Waals surface area contributed by atoms with Crippen molar-refractivity contribution in [2.24, 2.45) is 11.8 Å². The van der Waals surface area contributed by atoms with Gasteiger partial charge in [0.15, 0.2) is 0 Å². The second-order valence-corrected chi connectivity index (χ2v) is 5.03. The Labute approximate surface area is 112 Å². The molecule has 0 heterocycles. The molecule has 0 radical (unpaired) electrons. The second kappa shape index (κ2) is 7.76. The number of carboxylic acids is 1. The summed E-state index contributed by atoms with van der Waals surface area (Å²) >= 11 is 0. The Morgan fingerprint density at radius 2 is 1.84 bits per heavy atom. The molecule has 2 amide bonds. The number of aliphatic carboxylic acids is 1. The number of carbonyl (C=O) groups excluding carboxylic acids is 2. The maximum Gasteiger partial charge on any atom is 0.306 e. The SMILES string of the molecule is CC(=O)NCCC(=O)NCC1CCCCC1C(=O)O. The third-order valence-corrected chi connectivity index (χ3v) is 3.51. The Kier molecular flexibility index (Phi) is 6.32. The summed E-state index contributed by atoms with van der Waals surface area (Å²) in [5, 5.41) is 14.4. The Hall–Kier alpha value is -1.59. The lowest BCUT2D eigenvalue weighted by molar-refractivity contribution is -0.145. The minimum absolute atomic E-state index is 0.0240. The van der Waals surface area contributed by atoms with E-state index in [4.69, 9.17) is 5.11 Å². The first-order chi connectivity index (χ1) is 9.00. The van der Waals surface area contributed by atoms with Crippen molar-refractivity contribution in [2.75, 3.05) is 13.1 Å². The Bertz CT molecular complexity index is 344. The van der Waals surface area contributed by atoms with Gasteiger partial charge in [-0.05, 0) is 18.8 Å². The second-order valence-electron chi connectivity index (χ2n) is 5.03. The first kappa shape index (κ1) is 15.5. The van der Waals surface area contributed by atoms with Gasteiger partial charge in [-0.1, -0.05) is 12.8 Å². The molecule has 108 valence electrons. The smallest absolute Gasteiger partial charge is 0.306 e. The monoisotopic (exact) mass is 270 g/mol. The van der Waals surface area contributed by atoms with Crippen molar-refractivity contribution >= 4 is 17.8 Å². The van der Waals surface area contributed by atoms with Crippen LogP contribution in [0.4, 0.5) is 0 Å². The number of rotatable bonds is 6. The van der Waals surface area contributed by atoms with E-state index in [0.717, 1.165) is 19.3 Å². The topological polar surface area (TPSA) is 95.5 Å². The van der Waals surface area contributed by atoms with Crippen LogP contribution in [0.2, 0.25) is 0 Å². The van der Waals surface area contributed by atoms with Gasteiger partial charge in [0, 0.05) is 26.4 Å². The molecular weight excluding hydrogens is 248 g/mol. The van der Waals surface area contributed by atoms with Crippen LogP contribution in [0.25, 0.3) is 0 Å². The standard InChI is InChI=1S/C13H22N2O4/c1-9(16)14-7-6-12(17)15-8-10-4-2-3-5-11(10)13(18)19/h10-11H,2-8H2,1H3,(H,14,16)(H,15,17)(H,18,19). The van der Waals surface area contributed by atoms with Gasteiger partial charge >= 0.3 is 5.97 Å². The number of carboxylic acid groups (broad SMARTS) is 1. The Morgan fingerprint density at radius 3 is 2.47 bits per heavy atom. The molecule has 0 aliphatic heterocycles. The molecule has 0 aromatic rings. The Balaban J connectivity index is 2.27. The summed E-state index contributed by atoms with van der Waals surface area (Å²) in [5.74, 6) is -1.40. The van der Waals surface area contributed by atoms with Crippen molar-refractivity contribution in [3.05, 3.63) is 0 Å². The zero-order chi connectivity index (χ0) is 14.3. The molecule has 0 bridgehead atoms. The molecule has 6 nitrogen and oxygen atoms in total. The molecule has 0 saturated heterocycles. The van der Waals surface area contributed by atoms with E-state index in [2.05, 4.69) is 10.6 Å². The lowest BCUT2D eigenvalue weighted by atomic mass is 9.79. The average molecular weight is 270 g/mol. The highest BCUT2D eigenvalue weighted by Crippen LogP contribution is 2.29. The van der Waals surface area contributed by atoms with Crippen LogP contribution < -0.4 is 10.6 Å². The van der Waals surface area contributed by atoms with Gasteiger partial charge in [-0.2, -0.15) is 0 Å². The summed E-state index contributed by atoms with van der Waals surface area (Å²) in [4.78, 5) is 33.3. The van der Waals surface area contributed by atoms with Crippen LogP contribution in [0.3, 0.4) is 0 Å². The van der Waals surface area contributed by atoms with Gasteiger partial charge < -0.3 is 15.7 Å². The van der Waals surface area contributed by atoms with Gasteiger partial charge in [0.1, 0.15) is 0 Å². The third kappa shape index (κ3) is 5.72. The minimum atomic E-state index is -0.766. The number of hydrogen-bond acceptors (Lipinski definition) is 3. The number of nitrogens with one attached hydrogen (secondary N) is 2. The third-order valence-electron chi connectivity index (χ3n) is 3.51. The molecule has 1 aliphatic carbocycles. The summed E-state index contributed by atoms with van der Waals surface area (Å²) < 4.78 is 0. The van der Waals surface area contributed by atoms with Gasteiger partial charge in [0.05, 0.1) is 5.92 Å². The molecule has 19 heavy (non-hydrogen) atoms. The maximum atomic E-state index is 11.5. The highest BCUT2D eigenvalue weighted by Gasteiger charge is 2.30. The van der Waals surface area contributed by atoms with Crippen LogP contribution in [0.15, 0.2) is 0 Å². The van der Waals surface area contributed by atoms with E-state index in [9.17, 15) is 14.4 Å². The lowest BCUT2D eigenvalue weighted by Crippen LogP contribution is -2.38. The quantitative estimate of drug-likeness (QED) is 0.655. The summed E-state index contributed by atoms with van der Waals surface area (Å²) in [5.41, 5.74) is 0. The van der Waals surface area contributed by atoms with Crippen LogP contribution in [-0.2, 0) is 14.4 Å². The van der Waals surface area contributed by atoms with E-state index in [-0.39, 0.29) is 30.1 Å². The maximum absolute atomic E-state index is 11.5. The molecule has 1 rings (SSSR count). The molecule has 1 fully saturated rings. The molecule has 2 atom stereocenters. The summed E-state index contributed by atoms with van der Waals surface area (Å²) in [6.07, 6.45) is 3.74. The average Bonchev–Trinajstić information content (AvgIpc) is 2.36. The van der Waals surface area contributed by atoms with Gasteiger partial charge in [0.25, 0.3) is 0 Å². The first-order valence-corrected chi connectivity index (χ1v) is 6.74. The van der Waals surface area contributed by atoms with E-state index in [1.165, 1.54) is 6.92 Å². The van der Waals surface area contributed by atoms with Crippen LogP contribution >= 0.6 is 0 Å². The minimum Gasteiger partial charge on any atom is -0.481 e. The molecule has 0 aromatic carbocycles. The fourth-order valence-corrected chi connectivity index (χ4v) is 2.46. The van der Waals surface area contributed by atoms with Crippen LogP contribution in [0.5, 0.6) is 0 Å². The zero-order valence-electron chi connectivity index (χ0n) is 11.3. The Morgan fingerprint density at radius 1 is 1.16 bits per heavy atom. The van der Waals surface area contributed by atoms with E-state index in [1.54, 1.807) is 0 Å². The number of carbonyl (C=O) groups is 3. The molecule has 2 unspecified atom stereocenters. The van der Waals surface area contributed by atoms with E-state index >= 15 is 0 Å². The molecule has 6 heteroatoms. The fraction of sp³-hybridized carbons (Fsp3) is 0.769. The predicted molar refractivity (Wildman–Crippen MR) is 69.4 cm³/mol. The fourth-order valence-electron chi connectivity index (χ4n) is 2.46. The molecule has 1 saturated carbocycles. The zero-order valence-corrected chi connectivity index (χ0v) is 11.3. The summed E-state index contributed by atoms with van der Waals surface area (Å²) in [6, 6.07) is 0. The van der Waals surface area contributed by atoms with E-state index in [1.807, 2.05) is 0 Å². The number of hydrogen-bond donors (Lipinski definition) is 3. The summed E-state index contributed by atoms with van der Waals surface area (Å²) in [7, 11) is 0. The van der Waals surface area contributed by atoms with E-state index in [0.29, 0.717) is 19.5 Å². The van der Waals surface area contributed by atoms with Crippen molar-refractivity contribution in [1.29, 1.82) is 0 Å². The predicted octanol–water partition coefficient (Wildman–Crippen LogP) is 0.520. The van der Waals surface area contributed by atoms with Crippen molar-refractivity contribution < 1.29 is 19.5 Å². The highest BCUT2D eigenvalue weighted by molar-refractivity contribution is 5.78. The van der Waals surface area contributed by atoms with Crippen molar-refractivity contribution in [2.45, 2.75) is 39.0 Å². The molecule has 3 N–H and O–H groups in total. The van der Waals surface area contributed by atoms with Crippen molar-refractivity contribution in [3.63, 3.8) is 0 Å². The molecule has 1 aliphatic rings. The van der Waals surface area contributed by atoms with Gasteiger partial charge in [-0.25, -0.2) is 0 Å². The normalized spacial score (nSPS) is 22.6. The van der Waals surface area contributed by atoms with Crippen LogP contribution in [-0.4, -0.2) is 36.0 Å². The molecular formula is C13H22N2O4. The van der Waals surface area contributed by atoms with Gasteiger partial charge in [-0.15, -0.1) is 0 Å². The largest absolute Gasteiger partial charge is 0.481 e. The number of amides is 2. The molecule has 0 spiro atoms. The van der Waals surface area contributed by atoms with Crippen molar-refractivity contribution in [1.82, 2.24) is 10.6 Å². The lowest BCUT2D eigenvalue weighted by Gasteiger charge is -2.28. The van der Waals surface area contributed by atoms with E-state index < -0.39 is 5.97 Å². The summed E-state index contributed by atoms with van der Waals surface area (Å²) in [6.45, 7) is 2.13. The molecule has 0 aromatic heterocycles.